The third-order valence-corrected chi connectivity index (χ3v) is 4.48. The summed E-state index contributed by atoms with van der Waals surface area (Å²) in [4.78, 5) is 14.4. The van der Waals surface area contributed by atoms with Crippen molar-refractivity contribution in [3.05, 3.63) is 52.1 Å². The van der Waals surface area contributed by atoms with E-state index in [9.17, 15) is 13.2 Å². The average Bonchev–Trinajstić information content (AvgIpc) is 2.43. The molecule has 0 atom stereocenters. The number of aromatic carboxylic acids is 1. The van der Waals surface area contributed by atoms with Crippen LogP contribution in [0.3, 0.4) is 0 Å². The van der Waals surface area contributed by atoms with E-state index in [0.717, 1.165) is 22.3 Å². The molecule has 1 heterocycles. The molecule has 0 radical (unpaired) electrons. The summed E-state index contributed by atoms with van der Waals surface area (Å²) in [5.41, 5.74) is 1.10. The molecule has 8 heteroatoms. The maximum Gasteiger partial charge on any atom is 0.337 e. The highest BCUT2D eigenvalue weighted by Gasteiger charge is 2.17. The van der Waals surface area contributed by atoms with Crippen molar-refractivity contribution in [3.63, 3.8) is 0 Å². The van der Waals surface area contributed by atoms with E-state index >= 15 is 0 Å². The Kier molecular flexibility index (Phi) is 4.29. The Morgan fingerprint density at radius 2 is 2.00 bits per heavy atom. The number of carboxylic acid groups (broad SMARTS) is 1. The number of rotatable bonds is 4. The van der Waals surface area contributed by atoms with Crippen molar-refractivity contribution >= 4 is 37.6 Å². The smallest absolute Gasteiger partial charge is 0.337 e. The molecule has 0 spiro atoms. The summed E-state index contributed by atoms with van der Waals surface area (Å²) in [6.07, 6.45) is 1.00. The number of anilines is 1. The molecule has 1 aromatic heterocycles. The second kappa shape index (κ2) is 5.82. The lowest BCUT2D eigenvalue weighted by Crippen LogP contribution is -2.15. The Balaban J connectivity index is 2.34. The molecule has 0 aliphatic carbocycles. The Morgan fingerprint density at radius 3 is 2.57 bits per heavy atom. The molecule has 2 aromatic rings. The zero-order valence-corrected chi connectivity index (χ0v) is 13.3. The van der Waals surface area contributed by atoms with Crippen LogP contribution < -0.4 is 4.72 Å². The van der Waals surface area contributed by atoms with E-state index in [0.29, 0.717) is 5.69 Å². The number of pyridine rings is 1. The molecular weight excluding hydrogens is 360 g/mol. The van der Waals surface area contributed by atoms with Crippen LogP contribution in [0.4, 0.5) is 5.69 Å². The minimum absolute atomic E-state index is 0.0763. The number of aromatic nitrogens is 1. The molecule has 110 valence electrons. The van der Waals surface area contributed by atoms with Crippen LogP contribution in [0.2, 0.25) is 0 Å². The van der Waals surface area contributed by atoms with Crippen molar-refractivity contribution in [3.8, 4) is 0 Å². The number of nitrogens with zero attached hydrogens (tertiary/aromatic N) is 1. The van der Waals surface area contributed by atoms with Gasteiger partial charge in [-0.2, -0.15) is 8.42 Å². The van der Waals surface area contributed by atoms with Crippen LogP contribution in [0, 0.1) is 6.92 Å². The van der Waals surface area contributed by atoms with Crippen molar-refractivity contribution < 1.29 is 18.3 Å². The molecule has 0 saturated carbocycles. The van der Waals surface area contributed by atoms with Crippen LogP contribution in [-0.4, -0.2) is 24.5 Å². The van der Waals surface area contributed by atoms with Gasteiger partial charge in [0.15, 0.2) is 5.03 Å². The second-order valence-electron chi connectivity index (χ2n) is 4.26. The van der Waals surface area contributed by atoms with E-state index in [-0.39, 0.29) is 10.6 Å². The molecule has 0 bridgehead atoms. The predicted octanol–water partition coefficient (Wildman–Crippen LogP) is 2.65. The Hall–Kier alpha value is -1.93. The first-order valence-electron chi connectivity index (χ1n) is 5.78. The molecule has 0 aliphatic heterocycles. The van der Waals surface area contributed by atoms with Gasteiger partial charge in [0.05, 0.1) is 11.3 Å². The van der Waals surface area contributed by atoms with E-state index in [1.165, 1.54) is 6.07 Å². The van der Waals surface area contributed by atoms with Gasteiger partial charge in [0.1, 0.15) is 0 Å². The number of nitrogens with one attached hydrogen (secondary N) is 1. The summed E-state index contributed by atoms with van der Waals surface area (Å²) in [7, 11) is -3.87. The fraction of sp³-hybridized carbons (Fsp3) is 0.0769. The zero-order chi connectivity index (χ0) is 15.6. The topological polar surface area (TPSA) is 96.4 Å². The molecule has 0 saturated heterocycles. The SMILES string of the molecule is Cc1ccc(Br)cc1NS(=O)(=O)c1ccc(C(=O)O)cn1. The van der Waals surface area contributed by atoms with Gasteiger partial charge < -0.3 is 5.11 Å². The molecule has 6 nitrogen and oxygen atoms in total. The summed E-state index contributed by atoms with van der Waals surface area (Å²) in [6.45, 7) is 1.77. The number of carbonyl (C=O) groups is 1. The molecular formula is C13H11BrN2O4S. The van der Waals surface area contributed by atoms with Crippen molar-refractivity contribution in [1.29, 1.82) is 0 Å². The highest BCUT2D eigenvalue weighted by Crippen LogP contribution is 2.23. The van der Waals surface area contributed by atoms with Gasteiger partial charge in [-0.1, -0.05) is 22.0 Å². The standard InChI is InChI=1S/C13H11BrN2O4S/c1-8-2-4-10(14)6-11(8)16-21(19,20)12-5-3-9(7-15-12)13(17)18/h2-7,16H,1H3,(H,17,18). The molecule has 0 aliphatic rings. The predicted molar refractivity (Wildman–Crippen MR) is 80.9 cm³/mol. The lowest BCUT2D eigenvalue weighted by Gasteiger charge is -2.10. The third kappa shape index (κ3) is 3.59. The highest BCUT2D eigenvalue weighted by molar-refractivity contribution is 9.10. The maximum absolute atomic E-state index is 12.2. The first kappa shape index (κ1) is 15.5. The van der Waals surface area contributed by atoms with E-state index in [1.54, 1.807) is 25.1 Å². The average molecular weight is 371 g/mol. The van der Waals surface area contributed by atoms with E-state index in [2.05, 4.69) is 25.6 Å². The van der Waals surface area contributed by atoms with E-state index in [1.807, 2.05) is 0 Å². The number of sulfonamides is 1. The first-order chi connectivity index (χ1) is 9.79. The Bertz CT molecular complexity index is 788. The molecule has 1 aromatic carbocycles. The molecule has 21 heavy (non-hydrogen) atoms. The summed E-state index contributed by atoms with van der Waals surface area (Å²) in [6, 6.07) is 7.55. The molecule has 0 fully saturated rings. The van der Waals surface area contributed by atoms with Gasteiger partial charge in [0, 0.05) is 10.7 Å². The van der Waals surface area contributed by atoms with Crippen molar-refractivity contribution in [2.75, 3.05) is 4.72 Å². The lowest BCUT2D eigenvalue weighted by atomic mass is 10.2. The number of carboxylic acids is 1. The normalized spacial score (nSPS) is 11.1. The van der Waals surface area contributed by atoms with Crippen molar-refractivity contribution in [2.45, 2.75) is 11.9 Å². The number of hydrogen-bond acceptors (Lipinski definition) is 4. The zero-order valence-electron chi connectivity index (χ0n) is 10.9. The third-order valence-electron chi connectivity index (χ3n) is 2.70. The van der Waals surface area contributed by atoms with Crippen LogP contribution in [0.15, 0.2) is 46.0 Å². The van der Waals surface area contributed by atoms with Crippen LogP contribution in [0.25, 0.3) is 0 Å². The van der Waals surface area contributed by atoms with Crippen molar-refractivity contribution in [2.24, 2.45) is 0 Å². The number of hydrogen-bond donors (Lipinski definition) is 2. The van der Waals surface area contributed by atoms with Gasteiger partial charge in [-0.25, -0.2) is 9.78 Å². The number of halogens is 1. The summed E-state index contributed by atoms with van der Waals surface area (Å²) >= 11 is 3.27. The van der Waals surface area contributed by atoms with E-state index in [4.69, 9.17) is 5.11 Å². The molecule has 0 amide bonds. The number of aryl methyl sites for hydroxylation is 1. The van der Waals surface area contributed by atoms with Crippen LogP contribution in [0.1, 0.15) is 15.9 Å². The minimum Gasteiger partial charge on any atom is -0.478 e. The molecule has 2 rings (SSSR count). The van der Waals surface area contributed by atoms with Gasteiger partial charge in [-0.05, 0) is 36.8 Å². The molecule has 0 unspecified atom stereocenters. The minimum atomic E-state index is -3.87. The van der Waals surface area contributed by atoms with Crippen molar-refractivity contribution in [1.82, 2.24) is 4.98 Å². The van der Waals surface area contributed by atoms with Gasteiger partial charge >= 0.3 is 5.97 Å². The Morgan fingerprint density at radius 1 is 1.29 bits per heavy atom. The number of benzene rings is 1. The first-order valence-corrected chi connectivity index (χ1v) is 8.05. The fourth-order valence-corrected chi connectivity index (χ4v) is 2.98. The van der Waals surface area contributed by atoms with Crippen LogP contribution in [0.5, 0.6) is 0 Å². The van der Waals surface area contributed by atoms with Crippen LogP contribution in [-0.2, 0) is 10.0 Å². The fourth-order valence-electron chi connectivity index (χ4n) is 1.57. The lowest BCUT2D eigenvalue weighted by molar-refractivity contribution is 0.0696. The van der Waals surface area contributed by atoms with Gasteiger partial charge in [0.2, 0.25) is 0 Å². The van der Waals surface area contributed by atoms with Gasteiger partial charge in [-0.15, -0.1) is 0 Å². The van der Waals surface area contributed by atoms with E-state index < -0.39 is 16.0 Å². The monoisotopic (exact) mass is 370 g/mol. The summed E-state index contributed by atoms with van der Waals surface area (Å²) in [5, 5.41) is 8.53. The van der Waals surface area contributed by atoms with Crippen LogP contribution >= 0.6 is 15.9 Å². The maximum atomic E-state index is 12.2. The summed E-state index contributed by atoms with van der Waals surface area (Å²) < 4.78 is 27.6. The summed E-state index contributed by atoms with van der Waals surface area (Å²) in [5.74, 6) is -1.16. The highest BCUT2D eigenvalue weighted by atomic mass is 79.9. The van der Waals surface area contributed by atoms with Gasteiger partial charge in [-0.3, -0.25) is 4.72 Å². The largest absolute Gasteiger partial charge is 0.478 e. The Labute approximate surface area is 130 Å². The quantitative estimate of drug-likeness (QED) is 0.862. The second-order valence-corrected chi connectivity index (χ2v) is 6.80. The molecule has 2 N–H and O–H groups in total. The van der Waals surface area contributed by atoms with Gasteiger partial charge in [0.25, 0.3) is 10.0 Å².